The maximum atomic E-state index is 12.0. The van der Waals surface area contributed by atoms with Crippen LogP contribution in [0.15, 0.2) is 0 Å². The molecule has 1 aliphatic heterocycles. The van der Waals surface area contributed by atoms with Crippen LogP contribution in [0, 0.1) is 11.8 Å². The van der Waals surface area contributed by atoms with Gasteiger partial charge in [0.25, 0.3) is 0 Å². The van der Waals surface area contributed by atoms with Gasteiger partial charge in [0, 0.05) is 6.04 Å². The molecule has 0 spiro atoms. The topological polar surface area (TPSA) is 32.3 Å². The highest BCUT2D eigenvalue weighted by Crippen LogP contribution is 2.36. The summed E-state index contributed by atoms with van der Waals surface area (Å²) in [6.45, 7) is 7.21. The Kier molecular flexibility index (Phi) is 4.08. The molecule has 2 fully saturated rings. The van der Waals surface area contributed by atoms with E-state index in [2.05, 4.69) is 31.0 Å². The minimum absolute atomic E-state index is 0.284. The summed E-state index contributed by atoms with van der Waals surface area (Å²) in [6.07, 6.45) is 6.43. The number of nitrogens with zero attached hydrogens (tertiary/aromatic N) is 1. The molecule has 0 bridgehead atoms. The number of hydrogen-bond acceptors (Lipinski definition) is 2. The second-order valence-electron chi connectivity index (χ2n) is 6.07. The molecule has 3 nitrogen and oxygen atoms in total. The highest BCUT2D eigenvalue weighted by Gasteiger charge is 2.37. The molecule has 2 rings (SSSR count). The van der Waals surface area contributed by atoms with Gasteiger partial charge in [0.1, 0.15) is 0 Å². The Bertz CT molecular complexity index is 273. The second-order valence-corrected chi connectivity index (χ2v) is 6.07. The molecule has 98 valence electrons. The molecule has 1 aliphatic carbocycles. The highest BCUT2D eigenvalue weighted by atomic mass is 16.2. The average Bonchev–Trinajstić information content (AvgIpc) is 3.01. The molecule has 2 atom stereocenters. The van der Waals surface area contributed by atoms with Crippen LogP contribution in [0.4, 0.5) is 0 Å². The largest absolute Gasteiger partial charge is 0.323 e. The fourth-order valence-corrected chi connectivity index (χ4v) is 2.89. The molecule has 2 unspecified atom stereocenters. The normalized spacial score (nSPS) is 26.9. The van der Waals surface area contributed by atoms with Gasteiger partial charge in [0.2, 0.25) is 5.91 Å². The molecule has 17 heavy (non-hydrogen) atoms. The third-order valence-electron chi connectivity index (χ3n) is 3.97. The quantitative estimate of drug-likeness (QED) is 0.770. The first-order valence-electron chi connectivity index (χ1n) is 7.16. The highest BCUT2D eigenvalue weighted by molar-refractivity contribution is 5.81. The molecule has 3 heteroatoms. The van der Waals surface area contributed by atoms with E-state index in [9.17, 15) is 4.79 Å². The maximum absolute atomic E-state index is 12.0. The van der Waals surface area contributed by atoms with Gasteiger partial charge in [0.05, 0.1) is 12.7 Å². The van der Waals surface area contributed by atoms with Crippen molar-refractivity contribution in [3.05, 3.63) is 0 Å². The summed E-state index contributed by atoms with van der Waals surface area (Å²) in [5.41, 5.74) is 0. The molecular weight excluding hydrogens is 212 g/mol. The first kappa shape index (κ1) is 12.9. The van der Waals surface area contributed by atoms with Gasteiger partial charge in [-0.25, -0.2) is 0 Å². The van der Waals surface area contributed by atoms with Crippen LogP contribution in [0.25, 0.3) is 0 Å². The SMILES string of the molecule is CCC(CC1CC1)N1C(=O)CNC1CC(C)C. The van der Waals surface area contributed by atoms with E-state index in [-0.39, 0.29) is 6.17 Å². The Morgan fingerprint density at radius 1 is 1.35 bits per heavy atom. The van der Waals surface area contributed by atoms with E-state index in [4.69, 9.17) is 0 Å². The number of nitrogens with one attached hydrogen (secondary N) is 1. The summed E-state index contributed by atoms with van der Waals surface area (Å²) in [6, 6.07) is 0.466. The maximum Gasteiger partial charge on any atom is 0.238 e. The van der Waals surface area contributed by atoms with Crippen LogP contribution in [-0.2, 0) is 4.79 Å². The predicted molar refractivity (Wildman–Crippen MR) is 69.5 cm³/mol. The number of carbonyl (C=O) groups excluding carboxylic acids is 1. The predicted octanol–water partition coefficient (Wildman–Crippen LogP) is 2.37. The lowest BCUT2D eigenvalue weighted by molar-refractivity contribution is -0.130. The summed E-state index contributed by atoms with van der Waals surface area (Å²) in [5.74, 6) is 1.84. The van der Waals surface area contributed by atoms with Crippen molar-refractivity contribution in [2.45, 2.75) is 65.1 Å². The molecule has 0 aromatic rings. The lowest BCUT2D eigenvalue weighted by Crippen LogP contribution is -2.45. The van der Waals surface area contributed by atoms with Crippen LogP contribution < -0.4 is 5.32 Å². The van der Waals surface area contributed by atoms with Gasteiger partial charge in [-0.05, 0) is 31.1 Å². The van der Waals surface area contributed by atoms with Crippen molar-refractivity contribution in [1.82, 2.24) is 10.2 Å². The van der Waals surface area contributed by atoms with E-state index in [1.165, 1.54) is 19.3 Å². The van der Waals surface area contributed by atoms with E-state index in [1.54, 1.807) is 0 Å². The molecule has 1 amide bonds. The summed E-state index contributed by atoms with van der Waals surface area (Å²) in [4.78, 5) is 14.2. The second kappa shape index (κ2) is 5.38. The Labute approximate surface area is 105 Å². The monoisotopic (exact) mass is 238 g/mol. The molecule has 0 radical (unpaired) electrons. The van der Waals surface area contributed by atoms with Crippen LogP contribution in [0.3, 0.4) is 0 Å². The van der Waals surface area contributed by atoms with E-state index in [1.807, 2.05) is 0 Å². The van der Waals surface area contributed by atoms with Gasteiger partial charge < -0.3 is 4.90 Å². The van der Waals surface area contributed by atoms with Crippen molar-refractivity contribution in [2.24, 2.45) is 11.8 Å². The first-order valence-corrected chi connectivity index (χ1v) is 7.16. The molecule has 1 saturated heterocycles. The lowest BCUT2D eigenvalue weighted by Gasteiger charge is -2.33. The number of rotatable bonds is 6. The van der Waals surface area contributed by atoms with Crippen molar-refractivity contribution in [3.63, 3.8) is 0 Å². The molecular formula is C14H26N2O. The van der Waals surface area contributed by atoms with Gasteiger partial charge in [-0.15, -0.1) is 0 Å². The third-order valence-corrected chi connectivity index (χ3v) is 3.97. The Morgan fingerprint density at radius 3 is 2.59 bits per heavy atom. The minimum Gasteiger partial charge on any atom is -0.323 e. The van der Waals surface area contributed by atoms with Gasteiger partial charge in [-0.3, -0.25) is 10.1 Å². The first-order chi connectivity index (χ1) is 8.11. The van der Waals surface area contributed by atoms with Crippen LogP contribution in [0.5, 0.6) is 0 Å². The fraction of sp³-hybridized carbons (Fsp3) is 0.929. The summed E-state index contributed by atoms with van der Waals surface area (Å²) in [5, 5.41) is 3.37. The van der Waals surface area contributed by atoms with E-state index in [0.29, 0.717) is 24.4 Å². The van der Waals surface area contributed by atoms with Crippen molar-refractivity contribution in [3.8, 4) is 0 Å². The van der Waals surface area contributed by atoms with Crippen molar-refractivity contribution >= 4 is 5.91 Å². The number of hydrogen-bond donors (Lipinski definition) is 1. The Balaban J connectivity index is 1.99. The molecule has 0 aromatic heterocycles. The average molecular weight is 238 g/mol. The molecule has 1 saturated carbocycles. The van der Waals surface area contributed by atoms with Crippen molar-refractivity contribution < 1.29 is 4.79 Å². The Morgan fingerprint density at radius 2 is 2.06 bits per heavy atom. The smallest absolute Gasteiger partial charge is 0.238 e. The minimum atomic E-state index is 0.284. The van der Waals surface area contributed by atoms with E-state index >= 15 is 0 Å². The number of amides is 1. The van der Waals surface area contributed by atoms with Gasteiger partial charge >= 0.3 is 0 Å². The molecule has 2 aliphatic rings. The van der Waals surface area contributed by atoms with Gasteiger partial charge in [-0.2, -0.15) is 0 Å². The zero-order valence-corrected chi connectivity index (χ0v) is 11.4. The third kappa shape index (κ3) is 3.21. The van der Waals surface area contributed by atoms with Gasteiger partial charge in [-0.1, -0.05) is 33.6 Å². The summed E-state index contributed by atoms with van der Waals surface area (Å²) < 4.78 is 0. The standard InChI is InChI=1S/C14H26N2O/c1-4-12(8-11-5-6-11)16-13(7-10(2)3)15-9-14(16)17/h10-13,15H,4-9H2,1-3H3. The molecule has 1 heterocycles. The summed E-state index contributed by atoms with van der Waals surface area (Å²) >= 11 is 0. The fourth-order valence-electron chi connectivity index (χ4n) is 2.89. The summed E-state index contributed by atoms with van der Waals surface area (Å²) in [7, 11) is 0. The van der Waals surface area contributed by atoms with Crippen LogP contribution >= 0.6 is 0 Å². The van der Waals surface area contributed by atoms with Crippen LogP contribution in [0.2, 0.25) is 0 Å². The Hall–Kier alpha value is -0.570. The van der Waals surface area contributed by atoms with Crippen LogP contribution in [0.1, 0.15) is 52.9 Å². The molecule has 0 aromatic carbocycles. The van der Waals surface area contributed by atoms with E-state index in [0.717, 1.165) is 18.8 Å². The lowest BCUT2D eigenvalue weighted by atomic mass is 10.0. The van der Waals surface area contributed by atoms with Crippen LogP contribution in [-0.4, -0.2) is 29.6 Å². The van der Waals surface area contributed by atoms with E-state index < -0.39 is 0 Å². The van der Waals surface area contributed by atoms with Crippen molar-refractivity contribution in [1.29, 1.82) is 0 Å². The molecule has 1 N–H and O–H groups in total. The number of carbonyl (C=O) groups is 1. The van der Waals surface area contributed by atoms with Crippen molar-refractivity contribution in [2.75, 3.05) is 6.54 Å². The van der Waals surface area contributed by atoms with Gasteiger partial charge in [0.15, 0.2) is 0 Å². The zero-order chi connectivity index (χ0) is 12.4. The zero-order valence-electron chi connectivity index (χ0n) is 11.4.